The normalized spacial score (nSPS) is 12.2. The molecule has 0 unspecified atom stereocenters. The molecule has 0 aliphatic carbocycles. The molecule has 0 aliphatic heterocycles. The summed E-state index contributed by atoms with van der Waals surface area (Å²) in [5.74, 6) is 0.356. The maximum absolute atomic E-state index is 12.2. The lowest BCUT2D eigenvalue weighted by Gasteiger charge is -2.11. The van der Waals surface area contributed by atoms with E-state index in [9.17, 15) is 4.79 Å². The van der Waals surface area contributed by atoms with E-state index in [0.717, 1.165) is 15.9 Å². The van der Waals surface area contributed by atoms with Crippen molar-refractivity contribution in [2.24, 2.45) is 0 Å². The van der Waals surface area contributed by atoms with E-state index in [2.05, 4.69) is 15.3 Å². The van der Waals surface area contributed by atoms with Crippen LogP contribution in [0, 0.1) is 0 Å². The summed E-state index contributed by atoms with van der Waals surface area (Å²) in [6, 6.07) is 11.3. The summed E-state index contributed by atoms with van der Waals surface area (Å²) < 4.78 is 0. The van der Waals surface area contributed by atoms with Crippen LogP contribution < -0.4 is 11.1 Å². The number of carbonyl (C=O) groups excluding carboxylic acids is 1. The largest absolute Gasteiger partial charge is 0.383 e. The van der Waals surface area contributed by atoms with Crippen LogP contribution in [0.15, 0.2) is 46.9 Å². The van der Waals surface area contributed by atoms with Gasteiger partial charge in [-0.15, -0.1) is 11.3 Å². The van der Waals surface area contributed by atoms with Crippen LogP contribution in [-0.4, -0.2) is 21.1 Å². The number of fused-ring (bicyclic) bond motifs is 1. The number of para-hydroxylation sites is 1. The first-order chi connectivity index (χ1) is 10.6. The minimum Gasteiger partial charge on any atom is -0.383 e. The Labute approximate surface area is 136 Å². The standard InChI is InChI=1S/C15H14N4OS2/c1-9(13(20)17-10-5-3-2-4-6-10)22-15-18-12(16)11-7-8-21-14(11)19-15/h2-9H,1H3,(H,17,20)(H2,16,18,19)/t9-/m1/s1. The summed E-state index contributed by atoms with van der Waals surface area (Å²) in [5, 5.41) is 5.84. The van der Waals surface area contributed by atoms with E-state index >= 15 is 0 Å². The fourth-order valence-electron chi connectivity index (χ4n) is 1.89. The zero-order valence-electron chi connectivity index (χ0n) is 11.8. The third-order valence-electron chi connectivity index (χ3n) is 3.03. The van der Waals surface area contributed by atoms with Crippen LogP contribution in [0.5, 0.6) is 0 Å². The van der Waals surface area contributed by atoms with Gasteiger partial charge in [0, 0.05) is 5.69 Å². The molecular formula is C15H14N4OS2. The van der Waals surface area contributed by atoms with Gasteiger partial charge in [-0.05, 0) is 30.5 Å². The summed E-state index contributed by atoms with van der Waals surface area (Å²) >= 11 is 2.80. The summed E-state index contributed by atoms with van der Waals surface area (Å²) in [7, 11) is 0. The smallest absolute Gasteiger partial charge is 0.237 e. The van der Waals surface area contributed by atoms with Crippen LogP contribution in [-0.2, 0) is 4.79 Å². The van der Waals surface area contributed by atoms with Crippen LogP contribution in [0.2, 0.25) is 0 Å². The minimum absolute atomic E-state index is 0.0929. The maximum Gasteiger partial charge on any atom is 0.237 e. The zero-order valence-corrected chi connectivity index (χ0v) is 13.4. The molecule has 1 aromatic carbocycles. The van der Waals surface area contributed by atoms with Crippen LogP contribution >= 0.6 is 23.1 Å². The van der Waals surface area contributed by atoms with Crippen molar-refractivity contribution in [3.05, 3.63) is 41.8 Å². The Balaban J connectivity index is 1.72. The molecule has 1 amide bonds. The highest BCUT2D eigenvalue weighted by Crippen LogP contribution is 2.28. The van der Waals surface area contributed by atoms with E-state index in [1.807, 2.05) is 48.7 Å². The van der Waals surface area contributed by atoms with Gasteiger partial charge >= 0.3 is 0 Å². The number of rotatable bonds is 4. The molecule has 3 rings (SSSR count). The third kappa shape index (κ3) is 3.20. The summed E-state index contributed by atoms with van der Waals surface area (Å²) in [5.41, 5.74) is 6.69. The number of anilines is 2. The van der Waals surface area contributed by atoms with Gasteiger partial charge in [-0.2, -0.15) is 0 Å². The van der Waals surface area contributed by atoms with Crippen molar-refractivity contribution < 1.29 is 4.79 Å². The fourth-order valence-corrected chi connectivity index (χ4v) is 3.49. The Morgan fingerprint density at radius 3 is 2.82 bits per heavy atom. The van der Waals surface area contributed by atoms with E-state index in [1.165, 1.54) is 23.1 Å². The number of amides is 1. The van der Waals surface area contributed by atoms with E-state index in [1.54, 1.807) is 0 Å². The number of thiophene rings is 1. The van der Waals surface area contributed by atoms with Crippen molar-refractivity contribution in [1.29, 1.82) is 0 Å². The van der Waals surface area contributed by atoms with Crippen molar-refractivity contribution in [3.8, 4) is 0 Å². The van der Waals surface area contributed by atoms with Gasteiger partial charge in [-0.25, -0.2) is 9.97 Å². The molecule has 0 spiro atoms. The average molecular weight is 330 g/mol. The van der Waals surface area contributed by atoms with Crippen LogP contribution in [0.25, 0.3) is 10.2 Å². The Morgan fingerprint density at radius 1 is 1.27 bits per heavy atom. The first kappa shape index (κ1) is 14.8. The average Bonchev–Trinajstić information content (AvgIpc) is 2.97. The van der Waals surface area contributed by atoms with Gasteiger partial charge in [0.1, 0.15) is 10.6 Å². The van der Waals surface area contributed by atoms with Crippen molar-refractivity contribution in [1.82, 2.24) is 9.97 Å². The summed E-state index contributed by atoms with van der Waals surface area (Å²) in [4.78, 5) is 21.7. The SMILES string of the molecule is C[C@@H](Sc1nc(N)c2ccsc2n1)C(=O)Nc1ccccc1. The number of nitrogens with two attached hydrogens (primary N) is 1. The number of carbonyl (C=O) groups is 1. The predicted molar refractivity (Wildman–Crippen MR) is 92.2 cm³/mol. The van der Waals surface area contributed by atoms with Gasteiger partial charge in [0.25, 0.3) is 0 Å². The van der Waals surface area contributed by atoms with Gasteiger partial charge in [0.15, 0.2) is 5.16 Å². The lowest BCUT2D eigenvalue weighted by Crippen LogP contribution is -2.22. The topological polar surface area (TPSA) is 80.9 Å². The summed E-state index contributed by atoms with van der Waals surface area (Å²) in [6.07, 6.45) is 0. The van der Waals surface area contributed by atoms with Gasteiger partial charge in [-0.3, -0.25) is 4.79 Å². The van der Waals surface area contributed by atoms with Crippen molar-refractivity contribution in [2.45, 2.75) is 17.3 Å². The van der Waals surface area contributed by atoms with Gasteiger partial charge < -0.3 is 11.1 Å². The molecule has 2 heterocycles. The number of aromatic nitrogens is 2. The summed E-state index contributed by atoms with van der Waals surface area (Å²) in [6.45, 7) is 1.82. The monoisotopic (exact) mass is 330 g/mol. The van der Waals surface area contributed by atoms with Gasteiger partial charge in [0.2, 0.25) is 5.91 Å². The molecule has 0 saturated heterocycles. The quantitative estimate of drug-likeness (QED) is 0.566. The first-order valence-electron chi connectivity index (χ1n) is 6.67. The number of nitrogen functional groups attached to an aromatic ring is 1. The number of nitrogens with zero attached hydrogens (tertiary/aromatic N) is 2. The Kier molecular flexibility index (Phi) is 4.26. The number of nitrogens with one attached hydrogen (secondary N) is 1. The molecule has 0 fully saturated rings. The number of hydrogen-bond donors (Lipinski definition) is 2. The van der Waals surface area contributed by atoms with Crippen LogP contribution in [0.1, 0.15) is 6.92 Å². The number of hydrogen-bond acceptors (Lipinski definition) is 6. The Morgan fingerprint density at radius 2 is 2.05 bits per heavy atom. The molecule has 1 atom stereocenters. The molecule has 3 N–H and O–H groups in total. The Bertz CT molecular complexity index is 804. The highest BCUT2D eigenvalue weighted by Gasteiger charge is 2.17. The van der Waals surface area contributed by atoms with Crippen LogP contribution in [0.3, 0.4) is 0 Å². The first-order valence-corrected chi connectivity index (χ1v) is 8.42. The van der Waals surface area contributed by atoms with E-state index in [0.29, 0.717) is 11.0 Å². The molecule has 7 heteroatoms. The van der Waals surface area contributed by atoms with Gasteiger partial charge in [-0.1, -0.05) is 30.0 Å². The lowest BCUT2D eigenvalue weighted by atomic mass is 10.3. The highest BCUT2D eigenvalue weighted by atomic mass is 32.2. The third-order valence-corrected chi connectivity index (χ3v) is 4.79. The van der Waals surface area contributed by atoms with Gasteiger partial charge in [0.05, 0.1) is 10.6 Å². The molecule has 0 radical (unpaired) electrons. The minimum atomic E-state index is -0.322. The molecule has 2 aromatic heterocycles. The predicted octanol–water partition coefficient (Wildman–Crippen LogP) is 3.39. The molecular weight excluding hydrogens is 316 g/mol. The zero-order chi connectivity index (χ0) is 15.5. The number of benzene rings is 1. The maximum atomic E-state index is 12.2. The van der Waals surface area contributed by atoms with Crippen molar-refractivity contribution >= 4 is 50.7 Å². The molecule has 22 heavy (non-hydrogen) atoms. The van der Waals surface area contributed by atoms with E-state index in [4.69, 9.17) is 5.73 Å². The second-order valence-electron chi connectivity index (χ2n) is 4.65. The van der Waals surface area contributed by atoms with Crippen LogP contribution in [0.4, 0.5) is 11.5 Å². The second-order valence-corrected chi connectivity index (χ2v) is 6.85. The molecule has 0 aliphatic rings. The molecule has 3 aromatic rings. The van der Waals surface area contributed by atoms with E-state index < -0.39 is 0 Å². The molecule has 112 valence electrons. The number of thioether (sulfide) groups is 1. The fraction of sp³-hybridized carbons (Fsp3) is 0.133. The molecule has 5 nitrogen and oxygen atoms in total. The molecule has 0 bridgehead atoms. The highest BCUT2D eigenvalue weighted by molar-refractivity contribution is 8.00. The Hall–Kier alpha value is -2.12. The van der Waals surface area contributed by atoms with Crippen molar-refractivity contribution in [2.75, 3.05) is 11.1 Å². The molecule has 0 saturated carbocycles. The van der Waals surface area contributed by atoms with E-state index in [-0.39, 0.29) is 11.2 Å². The van der Waals surface area contributed by atoms with Crippen molar-refractivity contribution in [3.63, 3.8) is 0 Å². The lowest BCUT2D eigenvalue weighted by molar-refractivity contribution is -0.115. The second kappa shape index (κ2) is 6.33.